The van der Waals surface area contributed by atoms with Gasteiger partial charge in [-0.05, 0) is 23.1 Å². The van der Waals surface area contributed by atoms with Gasteiger partial charge in [-0.2, -0.15) is 0 Å². The molecule has 0 saturated carbocycles. The van der Waals surface area contributed by atoms with E-state index in [2.05, 4.69) is 48.0 Å². The first-order valence-corrected chi connectivity index (χ1v) is 10.1. The molecule has 1 aromatic carbocycles. The van der Waals surface area contributed by atoms with Crippen molar-refractivity contribution in [2.24, 2.45) is 0 Å². The lowest BCUT2D eigenvalue weighted by atomic mass is 9.87. The summed E-state index contributed by atoms with van der Waals surface area (Å²) in [5.74, 6) is 0. The fraction of sp³-hybridized carbons (Fsp3) is 0.667. The highest BCUT2D eigenvalue weighted by atomic mass is 16.5. The first kappa shape index (κ1) is 20.1. The molecule has 0 atom stereocenters. The molecule has 6 nitrogen and oxygen atoms in total. The second-order valence-electron chi connectivity index (χ2n) is 8.54. The monoisotopic (exact) mass is 374 g/mol. The molecule has 1 aromatic rings. The lowest BCUT2D eigenvalue weighted by molar-refractivity contribution is 0.0311. The molecule has 27 heavy (non-hydrogen) atoms. The third kappa shape index (κ3) is 5.92. The normalized spacial score (nSPS) is 19.9. The first-order chi connectivity index (χ1) is 12.9. The number of ether oxygens (including phenoxy) is 1. The quantitative estimate of drug-likeness (QED) is 0.880. The molecule has 2 heterocycles. The number of urea groups is 1. The Morgan fingerprint density at radius 1 is 0.926 bits per heavy atom. The van der Waals surface area contributed by atoms with Crippen LogP contribution in [0.25, 0.3) is 0 Å². The summed E-state index contributed by atoms with van der Waals surface area (Å²) in [6, 6.07) is 8.19. The van der Waals surface area contributed by atoms with Gasteiger partial charge in [0.05, 0.1) is 13.2 Å². The van der Waals surface area contributed by atoms with E-state index in [1.165, 1.54) is 5.56 Å². The number of nitrogens with one attached hydrogen (secondary N) is 1. The van der Waals surface area contributed by atoms with Gasteiger partial charge in [-0.1, -0.05) is 32.9 Å². The minimum atomic E-state index is 0.00587. The van der Waals surface area contributed by atoms with E-state index in [4.69, 9.17) is 4.74 Å². The maximum atomic E-state index is 12.5. The summed E-state index contributed by atoms with van der Waals surface area (Å²) >= 11 is 0. The Hall–Kier alpha value is -1.63. The molecule has 1 N–H and O–H groups in total. The van der Waals surface area contributed by atoms with Crippen molar-refractivity contribution in [2.75, 3.05) is 70.9 Å². The van der Waals surface area contributed by atoms with Gasteiger partial charge in [0.15, 0.2) is 0 Å². The standard InChI is InChI=1S/C21H34N4O2/c1-21(2,3)18-4-6-19(7-5-18)22-20(26)25-12-10-23(11-13-25)8-9-24-14-16-27-17-15-24/h4-7H,8-17H2,1-3H3,(H,22,26). The molecule has 0 bridgehead atoms. The molecular formula is C21H34N4O2. The molecule has 0 aliphatic carbocycles. The van der Waals surface area contributed by atoms with Crippen LogP contribution in [0.1, 0.15) is 26.3 Å². The third-order valence-electron chi connectivity index (χ3n) is 5.50. The van der Waals surface area contributed by atoms with Crippen LogP contribution >= 0.6 is 0 Å². The fourth-order valence-corrected chi connectivity index (χ4v) is 3.54. The molecule has 2 aliphatic heterocycles. The van der Waals surface area contributed by atoms with Crippen molar-refractivity contribution in [3.8, 4) is 0 Å². The predicted octanol–water partition coefficient (Wildman–Crippen LogP) is 2.47. The molecule has 6 heteroatoms. The minimum Gasteiger partial charge on any atom is -0.379 e. The summed E-state index contributed by atoms with van der Waals surface area (Å²) in [5, 5.41) is 3.04. The zero-order valence-electron chi connectivity index (χ0n) is 17.0. The molecule has 2 aliphatic rings. The van der Waals surface area contributed by atoms with Crippen LogP contribution < -0.4 is 5.32 Å². The zero-order chi connectivity index (χ0) is 19.3. The fourth-order valence-electron chi connectivity index (χ4n) is 3.54. The minimum absolute atomic E-state index is 0.00587. The van der Waals surface area contributed by atoms with Crippen LogP contribution in [-0.2, 0) is 10.2 Å². The molecular weight excluding hydrogens is 340 g/mol. The maximum absolute atomic E-state index is 12.5. The SMILES string of the molecule is CC(C)(C)c1ccc(NC(=O)N2CCN(CCN3CCOCC3)CC2)cc1. The van der Waals surface area contributed by atoms with Crippen molar-refractivity contribution in [3.63, 3.8) is 0 Å². The van der Waals surface area contributed by atoms with Gasteiger partial charge in [-0.15, -0.1) is 0 Å². The van der Waals surface area contributed by atoms with E-state index in [-0.39, 0.29) is 11.4 Å². The van der Waals surface area contributed by atoms with E-state index >= 15 is 0 Å². The van der Waals surface area contributed by atoms with Gasteiger partial charge in [-0.25, -0.2) is 4.79 Å². The van der Waals surface area contributed by atoms with Crippen molar-refractivity contribution in [1.29, 1.82) is 0 Å². The molecule has 2 saturated heterocycles. The summed E-state index contributed by atoms with van der Waals surface area (Å²) in [6.07, 6.45) is 0. The van der Waals surface area contributed by atoms with Crippen molar-refractivity contribution in [1.82, 2.24) is 14.7 Å². The molecule has 0 aromatic heterocycles. The lowest BCUT2D eigenvalue weighted by Crippen LogP contribution is -2.51. The molecule has 2 amide bonds. The second-order valence-corrected chi connectivity index (χ2v) is 8.54. The van der Waals surface area contributed by atoms with E-state index in [1.807, 2.05) is 17.0 Å². The number of morpholine rings is 1. The van der Waals surface area contributed by atoms with Gasteiger partial charge >= 0.3 is 6.03 Å². The average molecular weight is 375 g/mol. The Bertz CT molecular complexity index is 598. The highest BCUT2D eigenvalue weighted by Crippen LogP contribution is 2.23. The molecule has 2 fully saturated rings. The average Bonchev–Trinajstić information content (AvgIpc) is 2.67. The Balaban J connectivity index is 1.40. The lowest BCUT2D eigenvalue weighted by Gasteiger charge is -2.36. The Morgan fingerprint density at radius 2 is 1.48 bits per heavy atom. The van der Waals surface area contributed by atoms with Crippen molar-refractivity contribution < 1.29 is 9.53 Å². The number of benzene rings is 1. The van der Waals surface area contributed by atoms with Crippen LogP contribution in [0.2, 0.25) is 0 Å². The van der Waals surface area contributed by atoms with Crippen molar-refractivity contribution in [3.05, 3.63) is 29.8 Å². The van der Waals surface area contributed by atoms with Crippen LogP contribution in [0, 0.1) is 0 Å². The molecule has 0 unspecified atom stereocenters. The summed E-state index contributed by atoms with van der Waals surface area (Å²) < 4.78 is 5.40. The van der Waals surface area contributed by atoms with Gasteiger partial charge in [-0.3, -0.25) is 9.80 Å². The largest absolute Gasteiger partial charge is 0.379 e. The summed E-state index contributed by atoms with van der Waals surface area (Å²) in [6.45, 7) is 16.0. The summed E-state index contributed by atoms with van der Waals surface area (Å²) in [4.78, 5) is 19.4. The molecule has 0 spiro atoms. The van der Waals surface area contributed by atoms with Gasteiger partial charge in [0.25, 0.3) is 0 Å². The van der Waals surface area contributed by atoms with Crippen molar-refractivity contribution >= 4 is 11.7 Å². The van der Waals surface area contributed by atoms with Gasteiger partial charge in [0, 0.05) is 58.0 Å². The number of nitrogens with zero attached hydrogens (tertiary/aromatic N) is 3. The number of rotatable bonds is 4. The van der Waals surface area contributed by atoms with Crippen LogP contribution in [-0.4, -0.2) is 86.3 Å². The zero-order valence-corrected chi connectivity index (χ0v) is 17.0. The number of hydrogen-bond acceptors (Lipinski definition) is 4. The van der Waals surface area contributed by atoms with E-state index < -0.39 is 0 Å². The highest BCUT2D eigenvalue weighted by Gasteiger charge is 2.22. The van der Waals surface area contributed by atoms with Crippen molar-refractivity contribution in [2.45, 2.75) is 26.2 Å². The highest BCUT2D eigenvalue weighted by molar-refractivity contribution is 5.89. The number of anilines is 1. The number of piperazine rings is 1. The number of carbonyl (C=O) groups excluding carboxylic acids is 1. The first-order valence-electron chi connectivity index (χ1n) is 10.1. The third-order valence-corrected chi connectivity index (χ3v) is 5.50. The molecule has 150 valence electrons. The van der Waals surface area contributed by atoms with E-state index in [0.717, 1.165) is 71.3 Å². The van der Waals surface area contributed by atoms with Crippen LogP contribution in [0.4, 0.5) is 10.5 Å². The second kappa shape index (κ2) is 9.04. The van der Waals surface area contributed by atoms with Gasteiger partial charge in [0.2, 0.25) is 0 Å². The number of carbonyl (C=O) groups is 1. The van der Waals surface area contributed by atoms with E-state index in [9.17, 15) is 4.79 Å². The summed E-state index contributed by atoms with van der Waals surface area (Å²) in [7, 11) is 0. The van der Waals surface area contributed by atoms with Crippen LogP contribution in [0.15, 0.2) is 24.3 Å². The topological polar surface area (TPSA) is 48.1 Å². The van der Waals surface area contributed by atoms with Crippen LogP contribution in [0.3, 0.4) is 0 Å². The Kier molecular flexibility index (Phi) is 6.73. The van der Waals surface area contributed by atoms with E-state index in [1.54, 1.807) is 0 Å². The molecule has 3 rings (SSSR count). The molecule has 0 radical (unpaired) electrons. The van der Waals surface area contributed by atoms with Gasteiger partial charge < -0.3 is 15.0 Å². The Labute approximate surface area is 163 Å². The summed E-state index contributed by atoms with van der Waals surface area (Å²) in [5.41, 5.74) is 2.26. The predicted molar refractivity (Wildman–Crippen MR) is 109 cm³/mol. The number of hydrogen-bond donors (Lipinski definition) is 1. The maximum Gasteiger partial charge on any atom is 0.321 e. The van der Waals surface area contributed by atoms with E-state index in [0.29, 0.717) is 0 Å². The smallest absolute Gasteiger partial charge is 0.321 e. The number of amides is 2. The van der Waals surface area contributed by atoms with Gasteiger partial charge in [0.1, 0.15) is 0 Å². The Morgan fingerprint density at radius 3 is 2.04 bits per heavy atom. The van der Waals surface area contributed by atoms with Crippen LogP contribution in [0.5, 0.6) is 0 Å².